The van der Waals surface area contributed by atoms with Gasteiger partial charge >= 0.3 is 0 Å². The highest BCUT2D eigenvalue weighted by Crippen LogP contribution is 2.48. The van der Waals surface area contributed by atoms with Crippen LogP contribution in [0.3, 0.4) is 0 Å². The molecule has 2 bridgehead atoms. The van der Waals surface area contributed by atoms with Crippen molar-refractivity contribution in [2.45, 2.75) is 38.9 Å². The van der Waals surface area contributed by atoms with Gasteiger partial charge in [0, 0.05) is 42.9 Å². The van der Waals surface area contributed by atoms with Crippen LogP contribution in [0.2, 0.25) is 0 Å². The third-order valence-corrected chi connectivity index (χ3v) is 6.44. The molecule has 1 aromatic heterocycles. The lowest BCUT2D eigenvalue weighted by molar-refractivity contribution is -0.127. The summed E-state index contributed by atoms with van der Waals surface area (Å²) >= 11 is 0. The Bertz CT molecular complexity index is 1010. The van der Waals surface area contributed by atoms with E-state index in [9.17, 15) is 19.1 Å². The topological polar surface area (TPSA) is 74.6 Å². The van der Waals surface area contributed by atoms with Crippen molar-refractivity contribution in [1.82, 2.24) is 14.8 Å². The molecule has 2 aliphatic heterocycles. The van der Waals surface area contributed by atoms with Gasteiger partial charge in [0.2, 0.25) is 5.91 Å². The first-order valence-corrected chi connectivity index (χ1v) is 10.7. The second kappa shape index (κ2) is 8.32. The first-order chi connectivity index (χ1) is 14.5. The number of rotatable bonds is 6. The third kappa shape index (κ3) is 3.26. The summed E-state index contributed by atoms with van der Waals surface area (Å²) < 4.78 is 15.4. The molecule has 1 aromatic carbocycles. The summed E-state index contributed by atoms with van der Waals surface area (Å²) in [5.74, 6) is -1.13. The van der Waals surface area contributed by atoms with Gasteiger partial charge in [-0.05, 0) is 49.7 Å². The predicted molar refractivity (Wildman–Crippen MR) is 112 cm³/mol. The molecule has 2 N–H and O–H groups in total. The molecule has 30 heavy (non-hydrogen) atoms. The number of aliphatic hydroxyl groups is 1. The SMILES string of the molecule is CCCN1[C@@H]2c3ccc(-c4cccc(F)c4)c(=O)n3C[C@H]1[C@H](CO)[C@H]2C(=O)NCC. The fourth-order valence-corrected chi connectivity index (χ4v) is 5.26. The molecular weight excluding hydrogens is 385 g/mol. The minimum Gasteiger partial charge on any atom is -0.396 e. The van der Waals surface area contributed by atoms with E-state index in [1.54, 1.807) is 22.8 Å². The number of hydrogen-bond donors (Lipinski definition) is 2. The maximum Gasteiger partial charge on any atom is 0.258 e. The van der Waals surface area contributed by atoms with Gasteiger partial charge in [0.25, 0.3) is 5.56 Å². The quantitative estimate of drug-likeness (QED) is 0.761. The van der Waals surface area contributed by atoms with Gasteiger partial charge in [0.05, 0.1) is 12.0 Å². The lowest BCUT2D eigenvalue weighted by Crippen LogP contribution is -2.47. The summed E-state index contributed by atoms with van der Waals surface area (Å²) in [7, 11) is 0. The predicted octanol–water partition coefficient (Wildman–Crippen LogP) is 2.16. The van der Waals surface area contributed by atoms with Crippen LogP contribution >= 0.6 is 0 Å². The van der Waals surface area contributed by atoms with Crippen molar-refractivity contribution in [1.29, 1.82) is 0 Å². The zero-order valence-electron chi connectivity index (χ0n) is 17.3. The Morgan fingerprint density at radius 3 is 2.73 bits per heavy atom. The number of nitrogens with one attached hydrogen (secondary N) is 1. The van der Waals surface area contributed by atoms with Crippen molar-refractivity contribution in [2.75, 3.05) is 19.7 Å². The summed E-state index contributed by atoms with van der Waals surface area (Å²) in [5.41, 5.74) is 1.59. The highest BCUT2D eigenvalue weighted by atomic mass is 19.1. The maximum atomic E-state index is 13.7. The van der Waals surface area contributed by atoms with Crippen LogP contribution < -0.4 is 10.9 Å². The molecular formula is C23H28FN3O3. The Morgan fingerprint density at radius 1 is 1.27 bits per heavy atom. The third-order valence-electron chi connectivity index (χ3n) is 6.44. The summed E-state index contributed by atoms with van der Waals surface area (Å²) in [6.45, 7) is 5.58. The van der Waals surface area contributed by atoms with Crippen LogP contribution in [-0.2, 0) is 11.3 Å². The number of pyridine rings is 1. The monoisotopic (exact) mass is 413 g/mol. The number of halogens is 1. The van der Waals surface area contributed by atoms with Gasteiger partial charge in [-0.3, -0.25) is 14.5 Å². The van der Waals surface area contributed by atoms with Gasteiger partial charge in [-0.1, -0.05) is 19.1 Å². The molecule has 2 aromatic rings. The van der Waals surface area contributed by atoms with Gasteiger partial charge in [0.1, 0.15) is 5.82 Å². The number of carbonyl (C=O) groups excluding carboxylic acids is 1. The number of nitrogens with zero attached hydrogens (tertiary/aromatic N) is 2. The lowest BCUT2D eigenvalue weighted by atomic mass is 9.86. The standard InChI is InChI=1S/C23H28FN3O3/c1-3-10-26-19-12-27-18(21(26)20(17(19)13-28)22(29)25-4-2)9-8-16(23(27)30)14-6-5-7-15(24)11-14/h5-9,11,17,19-21,28H,3-4,10,12-13H2,1-2H3,(H,25,29)/t17-,19-,20+,21+/m0/s1. The maximum absolute atomic E-state index is 13.7. The number of aliphatic hydroxyl groups excluding tert-OH is 1. The molecule has 1 saturated heterocycles. The molecule has 4 atom stereocenters. The van der Waals surface area contributed by atoms with Gasteiger partial charge in [-0.15, -0.1) is 0 Å². The average molecular weight is 413 g/mol. The molecule has 0 aliphatic carbocycles. The van der Waals surface area contributed by atoms with Crippen molar-refractivity contribution in [3.8, 4) is 11.1 Å². The van der Waals surface area contributed by atoms with E-state index >= 15 is 0 Å². The second-order valence-electron chi connectivity index (χ2n) is 8.11. The number of amides is 1. The van der Waals surface area contributed by atoms with Crippen LogP contribution in [0.4, 0.5) is 4.39 Å². The Kier molecular flexibility index (Phi) is 5.75. The van der Waals surface area contributed by atoms with Crippen molar-refractivity contribution in [3.05, 3.63) is 58.3 Å². The van der Waals surface area contributed by atoms with Crippen molar-refractivity contribution >= 4 is 5.91 Å². The minimum atomic E-state index is -0.417. The molecule has 2 aliphatic rings. The Hall–Kier alpha value is -2.51. The Morgan fingerprint density at radius 2 is 2.07 bits per heavy atom. The molecule has 3 heterocycles. The molecule has 7 heteroatoms. The molecule has 0 spiro atoms. The number of benzene rings is 1. The minimum absolute atomic E-state index is 0.0831. The van der Waals surface area contributed by atoms with Crippen molar-refractivity contribution < 1.29 is 14.3 Å². The van der Waals surface area contributed by atoms with E-state index < -0.39 is 5.92 Å². The summed E-state index contributed by atoms with van der Waals surface area (Å²) in [6, 6.07) is 9.28. The summed E-state index contributed by atoms with van der Waals surface area (Å²) in [6.07, 6.45) is 0.916. The van der Waals surface area contributed by atoms with E-state index in [1.807, 2.05) is 13.0 Å². The van der Waals surface area contributed by atoms with Crippen LogP contribution in [0.25, 0.3) is 11.1 Å². The normalized spacial score (nSPS) is 25.2. The lowest BCUT2D eigenvalue weighted by Gasteiger charge is -2.38. The number of carbonyl (C=O) groups is 1. The Labute approximate surface area is 175 Å². The first-order valence-electron chi connectivity index (χ1n) is 10.7. The number of aromatic nitrogens is 1. The van der Waals surface area contributed by atoms with Gasteiger partial charge < -0.3 is 15.0 Å². The van der Waals surface area contributed by atoms with Crippen LogP contribution in [0.5, 0.6) is 0 Å². The molecule has 0 radical (unpaired) electrons. The smallest absolute Gasteiger partial charge is 0.258 e. The van der Waals surface area contributed by atoms with Gasteiger partial charge in [-0.2, -0.15) is 0 Å². The molecule has 0 unspecified atom stereocenters. The zero-order chi connectivity index (χ0) is 21.4. The highest BCUT2D eigenvalue weighted by molar-refractivity contribution is 5.80. The first kappa shape index (κ1) is 20.8. The molecule has 4 rings (SSSR count). The second-order valence-corrected chi connectivity index (χ2v) is 8.11. The van der Waals surface area contributed by atoms with Crippen LogP contribution in [-0.4, -0.2) is 46.2 Å². The number of hydrogen-bond acceptors (Lipinski definition) is 4. The van der Waals surface area contributed by atoms with Crippen molar-refractivity contribution in [3.63, 3.8) is 0 Å². The van der Waals surface area contributed by atoms with Crippen LogP contribution in [0.15, 0.2) is 41.2 Å². The van der Waals surface area contributed by atoms with Crippen molar-refractivity contribution in [2.24, 2.45) is 11.8 Å². The van der Waals surface area contributed by atoms with E-state index in [0.29, 0.717) is 24.2 Å². The highest BCUT2D eigenvalue weighted by Gasteiger charge is 2.55. The van der Waals surface area contributed by atoms with E-state index in [4.69, 9.17) is 0 Å². The van der Waals surface area contributed by atoms with E-state index in [-0.39, 0.29) is 41.9 Å². The summed E-state index contributed by atoms with van der Waals surface area (Å²) in [5, 5.41) is 13.1. The molecule has 160 valence electrons. The van der Waals surface area contributed by atoms with E-state index in [2.05, 4.69) is 17.1 Å². The van der Waals surface area contributed by atoms with Gasteiger partial charge in [-0.25, -0.2) is 4.39 Å². The Balaban J connectivity index is 1.84. The fraction of sp³-hybridized carbons (Fsp3) is 0.478. The van der Waals surface area contributed by atoms with Gasteiger partial charge in [0.15, 0.2) is 0 Å². The largest absolute Gasteiger partial charge is 0.396 e. The van der Waals surface area contributed by atoms with E-state index in [0.717, 1.165) is 18.7 Å². The van der Waals surface area contributed by atoms with Crippen LogP contribution in [0.1, 0.15) is 32.0 Å². The van der Waals surface area contributed by atoms with E-state index in [1.165, 1.54) is 12.1 Å². The molecule has 6 nitrogen and oxygen atoms in total. The summed E-state index contributed by atoms with van der Waals surface area (Å²) in [4.78, 5) is 28.6. The molecule has 1 amide bonds. The fourth-order valence-electron chi connectivity index (χ4n) is 5.26. The average Bonchev–Trinajstić information content (AvgIpc) is 2.93. The van der Waals surface area contributed by atoms with Crippen LogP contribution in [0, 0.1) is 17.7 Å². The molecule has 1 fully saturated rings. The molecule has 0 saturated carbocycles. The number of fused-ring (bicyclic) bond motifs is 4. The zero-order valence-corrected chi connectivity index (χ0v) is 17.3.